The van der Waals surface area contributed by atoms with Crippen LogP contribution in [0.1, 0.15) is 16.1 Å². The van der Waals surface area contributed by atoms with E-state index in [-0.39, 0.29) is 5.69 Å². The molecule has 2 aromatic rings. The van der Waals surface area contributed by atoms with Crippen LogP contribution in [0.3, 0.4) is 0 Å². The second-order valence-electron chi connectivity index (χ2n) is 4.47. The number of nitrogens with one attached hydrogen (secondary N) is 1. The molecule has 2 rings (SSSR count). The summed E-state index contributed by atoms with van der Waals surface area (Å²) in [6.07, 6.45) is 0.746. The molecule has 0 bridgehead atoms. The predicted octanol–water partition coefficient (Wildman–Crippen LogP) is 2.03. The summed E-state index contributed by atoms with van der Waals surface area (Å²) in [5.74, 6) is 0.113. The van der Waals surface area contributed by atoms with Gasteiger partial charge in [-0.3, -0.25) is 0 Å². The second-order valence-corrected chi connectivity index (χ2v) is 4.47. The van der Waals surface area contributed by atoms with Crippen molar-refractivity contribution < 1.29 is 14.6 Å². The van der Waals surface area contributed by atoms with E-state index >= 15 is 0 Å². The Morgan fingerprint density at radius 3 is 2.90 bits per heavy atom. The number of nitrogens with two attached hydrogens (primary N) is 1. The van der Waals surface area contributed by atoms with Gasteiger partial charge in [0.1, 0.15) is 11.6 Å². The van der Waals surface area contributed by atoms with Crippen LogP contribution in [0.5, 0.6) is 5.75 Å². The lowest BCUT2D eigenvalue weighted by Crippen LogP contribution is -2.11. The number of carboxylic acid groups (broad SMARTS) is 1. The first-order valence-electron chi connectivity index (χ1n) is 6.47. The molecule has 21 heavy (non-hydrogen) atoms. The third-order valence-corrected chi connectivity index (χ3v) is 2.99. The van der Waals surface area contributed by atoms with Crippen LogP contribution in [0.4, 0.5) is 11.5 Å². The number of rotatable bonds is 6. The molecule has 1 heterocycles. The van der Waals surface area contributed by atoms with Gasteiger partial charge < -0.3 is 20.9 Å². The van der Waals surface area contributed by atoms with Crippen LogP contribution >= 0.6 is 0 Å². The molecule has 0 aliphatic carbocycles. The molecule has 0 aliphatic heterocycles. The zero-order chi connectivity index (χ0) is 15.2. The van der Waals surface area contributed by atoms with Gasteiger partial charge in [-0.05, 0) is 36.2 Å². The largest absolute Gasteiger partial charge is 0.497 e. The zero-order valence-corrected chi connectivity index (χ0v) is 11.7. The average molecular weight is 287 g/mol. The van der Waals surface area contributed by atoms with E-state index in [1.807, 2.05) is 24.3 Å². The maximum Gasteiger partial charge on any atom is 0.354 e. The number of nitrogens with zero attached hydrogens (tertiary/aromatic N) is 1. The second kappa shape index (κ2) is 6.60. The number of carboxylic acids is 1. The highest BCUT2D eigenvalue weighted by Crippen LogP contribution is 2.17. The normalized spacial score (nSPS) is 10.1. The van der Waals surface area contributed by atoms with Crippen molar-refractivity contribution in [1.82, 2.24) is 4.98 Å². The van der Waals surface area contributed by atoms with Crippen LogP contribution in [0.15, 0.2) is 36.4 Å². The molecule has 0 saturated carbocycles. The number of nitrogen functional groups attached to an aromatic ring is 1. The number of anilines is 2. The Bertz CT molecular complexity index is 644. The summed E-state index contributed by atoms with van der Waals surface area (Å²) in [7, 11) is 1.62. The van der Waals surface area contributed by atoms with E-state index in [4.69, 9.17) is 15.6 Å². The number of hydrogen-bond donors (Lipinski definition) is 3. The fourth-order valence-electron chi connectivity index (χ4n) is 1.88. The van der Waals surface area contributed by atoms with Gasteiger partial charge in [-0.1, -0.05) is 12.1 Å². The van der Waals surface area contributed by atoms with Crippen molar-refractivity contribution in [2.45, 2.75) is 6.42 Å². The third-order valence-electron chi connectivity index (χ3n) is 2.99. The highest BCUT2D eigenvalue weighted by atomic mass is 16.5. The summed E-state index contributed by atoms with van der Waals surface area (Å²) in [4.78, 5) is 14.9. The summed E-state index contributed by atoms with van der Waals surface area (Å²) < 4.78 is 5.16. The molecule has 0 atom stereocenters. The molecule has 0 amide bonds. The minimum Gasteiger partial charge on any atom is -0.497 e. The Hall–Kier alpha value is -2.76. The molecular formula is C15H17N3O3. The van der Waals surface area contributed by atoms with Crippen LogP contribution < -0.4 is 15.8 Å². The van der Waals surface area contributed by atoms with Gasteiger partial charge in [-0.25, -0.2) is 9.78 Å². The highest BCUT2D eigenvalue weighted by molar-refractivity contribution is 5.86. The van der Waals surface area contributed by atoms with Gasteiger partial charge in [0.2, 0.25) is 0 Å². The minimum absolute atomic E-state index is 0.0342. The van der Waals surface area contributed by atoms with Crippen LogP contribution in [0, 0.1) is 0 Å². The average Bonchev–Trinajstić information content (AvgIpc) is 2.49. The molecule has 1 aromatic carbocycles. The molecular weight excluding hydrogens is 270 g/mol. The number of pyridine rings is 1. The number of hydrogen-bond acceptors (Lipinski definition) is 5. The standard InChI is InChI=1S/C15H17N3O3/c1-21-11-4-2-3-10(9-11)7-8-17-14-12(16)5-6-13(18-14)15(19)20/h2-6,9H,7-8,16H2,1H3,(H,17,18)(H,19,20). The summed E-state index contributed by atoms with van der Waals surface area (Å²) >= 11 is 0. The van der Waals surface area contributed by atoms with Gasteiger partial charge in [-0.2, -0.15) is 0 Å². The highest BCUT2D eigenvalue weighted by Gasteiger charge is 2.08. The summed E-state index contributed by atoms with van der Waals surface area (Å²) in [5.41, 5.74) is 7.27. The van der Waals surface area contributed by atoms with Crippen molar-refractivity contribution in [3.05, 3.63) is 47.7 Å². The van der Waals surface area contributed by atoms with E-state index < -0.39 is 5.97 Å². The number of ether oxygens (including phenoxy) is 1. The smallest absolute Gasteiger partial charge is 0.354 e. The molecule has 0 unspecified atom stereocenters. The molecule has 0 aliphatic rings. The maximum absolute atomic E-state index is 10.9. The number of methoxy groups -OCH3 is 1. The quantitative estimate of drug-likeness (QED) is 0.752. The lowest BCUT2D eigenvalue weighted by atomic mass is 10.1. The number of aromatic carboxylic acids is 1. The number of carbonyl (C=O) groups is 1. The van der Waals surface area contributed by atoms with Crippen molar-refractivity contribution in [3.63, 3.8) is 0 Å². The minimum atomic E-state index is -1.08. The Balaban J connectivity index is 1.99. The van der Waals surface area contributed by atoms with Crippen molar-refractivity contribution in [2.75, 3.05) is 24.7 Å². The van der Waals surface area contributed by atoms with E-state index in [9.17, 15) is 4.79 Å². The molecule has 0 spiro atoms. The first kappa shape index (κ1) is 14.6. The van der Waals surface area contributed by atoms with Gasteiger partial charge in [-0.15, -0.1) is 0 Å². The Morgan fingerprint density at radius 1 is 1.38 bits per heavy atom. The first-order valence-corrected chi connectivity index (χ1v) is 6.47. The lowest BCUT2D eigenvalue weighted by Gasteiger charge is -2.09. The van der Waals surface area contributed by atoms with Crippen LogP contribution in [-0.4, -0.2) is 29.7 Å². The maximum atomic E-state index is 10.9. The van der Waals surface area contributed by atoms with Crippen molar-refractivity contribution >= 4 is 17.5 Å². The topological polar surface area (TPSA) is 97.5 Å². The third kappa shape index (κ3) is 3.85. The van der Waals surface area contributed by atoms with E-state index in [1.54, 1.807) is 7.11 Å². The van der Waals surface area contributed by atoms with Gasteiger partial charge >= 0.3 is 5.97 Å². The monoisotopic (exact) mass is 287 g/mol. The SMILES string of the molecule is COc1cccc(CCNc2nc(C(=O)O)ccc2N)c1. The van der Waals surface area contributed by atoms with Crippen molar-refractivity contribution in [2.24, 2.45) is 0 Å². The number of benzene rings is 1. The fraction of sp³-hybridized carbons (Fsp3) is 0.200. The van der Waals surface area contributed by atoms with Gasteiger partial charge in [0.05, 0.1) is 12.8 Å². The summed E-state index contributed by atoms with van der Waals surface area (Å²) in [6.45, 7) is 0.591. The Labute approximate surface area is 122 Å². The predicted molar refractivity (Wildman–Crippen MR) is 80.8 cm³/mol. The van der Waals surface area contributed by atoms with Crippen molar-refractivity contribution in [1.29, 1.82) is 0 Å². The van der Waals surface area contributed by atoms with E-state index in [1.165, 1.54) is 12.1 Å². The molecule has 110 valence electrons. The summed E-state index contributed by atoms with van der Waals surface area (Å²) in [5, 5.41) is 12.0. The van der Waals surface area contributed by atoms with Crippen LogP contribution in [0.2, 0.25) is 0 Å². The molecule has 0 radical (unpaired) electrons. The number of aromatic nitrogens is 1. The van der Waals surface area contributed by atoms with Crippen LogP contribution in [0.25, 0.3) is 0 Å². The molecule has 6 nitrogen and oxygen atoms in total. The fourth-order valence-corrected chi connectivity index (χ4v) is 1.88. The van der Waals surface area contributed by atoms with E-state index in [2.05, 4.69) is 10.3 Å². The molecule has 4 N–H and O–H groups in total. The lowest BCUT2D eigenvalue weighted by molar-refractivity contribution is 0.0690. The van der Waals surface area contributed by atoms with Gasteiger partial charge in [0.15, 0.2) is 5.69 Å². The van der Waals surface area contributed by atoms with Gasteiger partial charge in [0.25, 0.3) is 0 Å². The Kier molecular flexibility index (Phi) is 4.61. The van der Waals surface area contributed by atoms with Gasteiger partial charge in [0, 0.05) is 6.54 Å². The van der Waals surface area contributed by atoms with E-state index in [0.29, 0.717) is 18.1 Å². The summed E-state index contributed by atoms with van der Waals surface area (Å²) in [6, 6.07) is 10.7. The Morgan fingerprint density at radius 2 is 2.19 bits per heavy atom. The molecule has 6 heteroatoms. The zero-order valence-electron chi connectivity index (χ0n) is 11.7. The first-order chi connectivity index (χ1) is 10.1. The molecule has 1 aromatic heterocycles. The molecule has 0 saturated heterocycles. The van der Waals surface area contributed by atoms with Crippen molar-refractivity contribution in [3.8, 4) is 5.75 Å². The molecule has 0 fully saturated rings. The van der Waals surface area contributed by atoms with E-state index in [0.717, 1.165) is 17.7 Å². The van der Waals surface area contributed by atoms with Crippen LogP contribution in [-0.2, 0) is 6.42 Å².